The molecule has 0 radical (unpaired) electrons. The van der Waals surface area contributed by atoms with Crippen LogP contribution in [0.25, 0.3) is 0 Å². The van der Waals surface area contributed by atoms with Crippen LogP contribution in [-0.2, 0) is 12.8 Å². The van der Waals surface area contributed by atoms with Crippen molar-refractivity contribution in [2.75, 3.05) is 7.11 Å². The van der Waals surface area contributed by atoms with E-state index in [1.54, 1.807) is 7.11 Å². The Morgan fingerprint density at radius 2 is 2.19 bits per heavy atom. The molecule has 4 nitrogen and oxygen atoms in total. The zero-order valence-electron chi connectivity index (χ0n) is 12.1. The summed E-state index contributed by atoms with van der Waals surface area (Å²) in [6.45, 7) is 0. The van der Waals surface area contributed by atoms with Crippen LogP contribution in [0.4, 0.5) is 0 Å². The van der Waals surface area contributed by atoms with Gasteiger partial charge in [0, 0.05) is 22.4 Å². The maximum Gasteiger partial charge on any atom is 0.119 e. The molecular weight excluding hydrogens is 330 g/mol. The molecule has 21 heavy (non-hydrogen) atoms. The fourth-order valence-electron chi connectivity index (χ4n) is 2.21. The Morgan fingerprint density at radius 1 is 1.33 bits per heavy atom. The zero-order valence-corrected chi connectivity index (χ0v) is 13.6. The lowest BCUT2D eigenvalue weighted by Crippen LogP contribution is -2.37. The van der Waals surface area contributed by atoms with E-state index in [0.29, 0.717) is 0 Å². The summed E-state index contributed by atoms with van der Waals surface area (Å²) in [5.74, 6) is 6.54. The van der Waals surface area contributed by atoms with Crippen molar-refractivity contribution in [2.45, 2.75) is 25.3 Å². The van der Waals surface area contributed by atoms with Crippen molar-refractivity contribution in [3.05, 3.63) is 58.3 Å². The molecule has 0 bridgehead atoms. The molecule has 2 aromatic rings. The number of hydrogen-bond donors (Lipinski definition) is 2. The van der Waals surface area contributed by atoms with Crippen LogP contribution in [0, 0.1) is 0 Å². The number of aromatic nitrogens is 1. The average molecular weight is 350 g/mol. The molecule has 1 atom stereocenters. The van der Waals surface area contributed by atoms with Crippen LogP contribution in [-0.4, -0.2) is 18.1 Å². The first-order chi connectivity index (χ1) is 10.2. The molecule has 0 fully saturated rings. The van der Waals surface area contributed by atoms with Gasteiger partial charge in [-0.2, -0.15) is 0 Å². The molecule has 1 aromatic carbocycles. The zero-order chi connectivity index (χ0) is 15.1. The summed E-state index contributed by atoms with van der Waals surface area (Å²) in [5.41, 5.74) is 5.16. The van der Waals surface area contributed by atoms with Gasteiger partial charge >= 0.3 is 0 Å². The van der Waals surface area contributed by atoms with E-state index in [9.17, 15) is 0 Å². The van der Waals surface area contributed by atoms with Gasteiger partial charge in [0.2, 0.25) is 0 Å². The van der Waals surface area contributed by atoms with Crippen molar-refractivity contribution in [2.24, 2.45) is 5.84 Å². The summed E-state index contributed by atoms with van der Waals surface area (Å²) in [6.07, 6.45) is 4.48. The molecule has 1 aromatic heterocycles. The van der Waals surface area contributed by atoms with Crippen molar-refractivity contribution in [1.29, 1.82) is 0 Å². The summed E-state index contributed by atoms with van der Waals surface area (Å²) in [4.78, 5) is 4.34. The maximum atomic E-state index is 5.69. The normalized spacial score (nSPS) is 12.1. The molecule has 1 unspecified atom stereocenters. The van der Waals surface area contributed by atoms with Gasteiger partial charge in [-0.3, -0.25) is 16.3 Å². The van der Waals surface area contributed by atoms with Gasteiger partial charge in [0.15, 0.2) is 0 Å². The highest BCUT2D eigenvalue weighted by molar-refractivity contribution is 9.10. The van der Waals surface area contributed by atoms with Crippen LogP contribution < -0.4 is 16.0 Å². The van der Waals surface area contributed by atoms with Crippen LogP contribution in [0.1, 0.15) is 17.7 Å². The van der Waals surface area contributed by atoms with E-state index in [-0.39, 0.29) is 6.04 Å². The van der Waals surface area contributed by atoms with E-state index >= 15 is 0 Å². The number of aryl methyl sites for hydroxylation is 1. The van der Waals surface area contributed by atoms with Crippen molar-refractivity contribution in [3.8, 4) is 5.75 Å². The number of nitrogens with zero attached hydrogens (tertiary/aromatic N) is 1. The Morgan fingerprint density at radius 3 is 2.86 bits per heavy atom. The molecule has 112 valence electrons. The molecule has 2 rings (SSSR count). The Kier molecular flexibility index (Phi) is 6.17. The summed E-state index contributed by atoms with van der Waals surface area (Å²) >= 11 is 3.58. The Balaban J connectivity index is 1.99. The van der Waals surface area contributed by atoms with Gasteiger partial charge in [-0.1, -0.05) is 22.0 Å². The van der Waals surface area contributed by atoms with Gasteiger partial charge in [0.1, 0.15) is 5.75 Å². The van der Waals surface area contributed by atoms with Gasteiger partial charge in [-0.25, -0.2) is 0 Å². The van der Waals surface area contributed by atoms with Crippen molar-refractivity contribution >= 4 is 15.9 Å². The average Bonchev–Trinajstić information content (AvgIpc) is 2.54. The molecule has 0 saturated heterocycles. The number of pyridine rings is 1. The van der Waals surface area contributed by atoms with Crippen LogP contribution >= 0.6 is 15.9 Å². The summed E-state index contributed by atoms with van der Waals surface area (Å²) in [7, 11) is 1.67. The number of hydrogen-bond acceptors (Lipinski definition) is 4. The van der Waals surface area contributed by atoms with Crippen LogP contribution in [0.15, 0.2) is 47.1 Å². The van der Waals surface area contributed by atoms with Crippen molar-refractivity contribution in [3.63, 3.8) is 0 Å². The second-order valence-electron chi connectivity index (χ2n) is 4.88. The van der Waals surface area contributed by atoms with Crippen LogP contribution in [0.2, 0.25) is 0 Å². The van der Waals surface area contributed by atoms with E-state index in [1.807, 2.05) is 42.6 Å². The lowest BCUT2D eigenvalue weighted by atomic mass is 10.0. The minimum atomic E-state index is 0.190. The molecule has 0 aliphatic heterocycles. The highest BCUT2D eigenvalue weighted by atomic mass is 79.9. The molecule has 0 saturated carbocycles. The van der Waals surface area contributed by atoms with E-state index in [1.165, 1.54) is 5.56 Å². The molecular formula is C16H20BrN3O. The fourth-order valence-corrected chi connectivity index (χ4v) is 2.62. The van der Waals surface area contributed by atoms with E-state index in [0.717, 1.165) is 35.2 Å². The minimum absolute atomic E-state index is 0.190. The second-order valence-corrected chi connectivity index (χ2v) is 5.74. The largest absolute Gasteiger partial charge is 0.497 e. The van der Waals surface area contributed by atoms with Crippen molar-refractivity contribution in [1.82, 2.24) is 10.4 Å². The third-order valence-electron chi connectivity index (χ3n) is 3.43. The maximum absolute atomic E-state index is 5.69. The third kappa shape index (κ3) is 4.81. The quantitative estimate of drug-likeness (QED) is 0.596. The predicted octanol–water partition coefficient (Wildman–Crippen LogP) is 2.86. The van der Waals surface area contributed by atoms with Gasteiger partial charge in [-0.15, -0.1) is 0 Å². The summed E-state index contributed by atoms with van der Waals surface area (Å²) in [5, 5.41) is 0. The van der Waals surface area contributed by atoms with Crippen LogP contribution in [0.5, 0.6) is 5.75 Å². The highest BCUT2D eigenvalue weighted by Gasteiger charge is 2.11. The third-order valence-corrected chi connectivity index (χ3v) is 4.20. The Labute approximate surface area is 133 Å². The highest BCUT2D eigenvalue weighted by Crippen LogP contribution is 2.24. The van der Waals surface area contributed by atoms with Crippen molar-refractivity contribution < 1.29 is 4.74 Å². The minimum Gasteiger partial charge on any atom is -0.497 e. The molecule has 5 heteroatoms. The van der Waals surface area contributed by atoms with Crippen LogP contribution in [0.3, 0.4) is 0 Å². The predicted molar refractivity (Wildman–Crippen MR) is 88.1 cm³/mol. The standard InChI is InChI=1S/C16H20BrN3O/c1-21-15-7-8-16(17)12(11-15)10-14(20-18)6-5-13-4-2-3-9-19-13/h2-4,7-9,11,14,20H,5-6,10,18H2,1H3. The van der Waals surface area contributed by atoms with E-state index < -0.39 is 0 Å². The molecule has 0 amide bonds. The summed E-state index contributed by atoms with van der Waals surface area (Å²) < 4.78 is 6.34. The number of benzene rings is 1. The number of rotatable bonds is 7. The number of hydrazine groups is 1. The topological polar surface area (TPSA) is 60.2 Å². The Hall–Kier alpha value is -1.43. The van der Waals surface area contributed by atoms with E-state index in [4.69, 9.17) is 10.6 Å². The first-order valence-electron chi connectivity index (χ1n) is 6.91. The number of halogens is 1. The van der Waals surface area contributed by atoms with E-state index in [2.05, 4.69) is 26.3 Å². The fraction of sp³-hybridized carbons (Fsp3) is 0.312. The molecule has 0 spiro atoms. The number of ether oxygens (including phenoxy) is 1. The SMILES string of the molecule is COc1ccc(Br)c(CC(CCc2ccccn2)NN)c1. The first kappa shape index (κ1) is 15.9. The number of methoxy groups -OCH3 is 1. The molecule has 1 heterocycles. The smallest absolute Gasteiger partial charge is 0.119 e. The molecule has 3 N–H and O–H groups in total. The number of nitrogens with one attached hydrogen (secondary N) is 1. The van der Waals surface area contributed by atoms with Gasteiger partial charge in [0.05, 0.1) is 7.11 Å². The summed E-state index contributed by atoms with van der Waals surface area (Å²) in [6, 6.07) is 12.1. The van der Waals surface area contributed by atoms with Gasteiger partial charge < -0.3 is 4.74 Å². The van der Waals surface area contributed by atoms with Gasteiger partial charge in [-0.05, 0) is 55.2 Å². The second kappa shape index (κ2) is 8.12. The first-order valence-corrected chi connectivity index (χ1v) is 7.70. The monoisotopic (exact) mass is 349 g/mol. The molecule has 0 aliphatic rings. The lowest BCUT2D eigenvalue weighted by molar-refractivity contribution is 0.413. The van der Waals surface area contributed by atoms with Gasteiger partial charge in [0.25, 0.3) is 0 Å². The number of nitrogens with two attached hydrogens (primary N) is 1. The lowest BCUT2D eigenvalue weighted by Gasteiger charge is -2.17. The Bertz CT molecular complexity index is 563. The molecule has 0 aliphatic carbocycles.